The summed E-state index contributed by atoms with van der Waals surface area (Å²) < 4.78 is 26.6. The van der Waals surface area contributed by atoms with Crippen LogP contribution in [0.25, 0.3) is 0 Å². The van der Waals surface area contributed by atoms with Gasteiger partial charge < -0.3 is 5.11 Å². The third kappa shape index (κ3) is 4.94. The number of nitrogens with one attached hydrogen (secondary N) is 1. The highest BCUT2D eigenvalue weighted by molar-refractivity contribution is 7.89. The van der Waals surface area contributed by atoms with Crippen molar-refractivity contribution in [1.29, 1.82) is 0 Å². The van der Waals surface area contributed by atoms with Crippen LogP contribution in [0.4, 0.5) is 0 Å². The normalized spacial score (nSPS) is 13.4. The van der Waals surface area contributed by atoms with E-state index >= 15 is 0 Å². The molecule has 0 bridgehead atoms. The first-order valence-corrected chi connectivity index (χ1v) is 8.00. The first-order chi connectivity index (χ1) is 9.22. The molecule has 0 radical (unpaired) electrons. The topological polar surface area (TPSA) is 83.5 Å². The number of hydrogen-bond acceptors (Lipinski definition) is 3. The second-order valence-corrected chi connectivity index (χ2v) is 7.10. The van der Waals surface area contributed by atoms with E-state index in [4.69, 9.17) is 5.11 Å². The second kappa shape index (κ2) is 6.85. The Kier molecular flexibility index (Phi) is 5.71. The van der Waals surface area contributed by atoms with Gasteiger partial charge in [0, 0.05) is 6.54 Å². The van der Waals surface area contributed by atoms with Crippen LogP contribution in [0.15, 0.2) is 29.2 Å². The van der Waals surface area contributed by atoms with Gasteiger partial charge in [0.05, 0.1) is 10.8 Å². The minimum absolute atomic E-state index is 0.0935. The molecule has 6 heteroatoms. The molecule has 1 aromatic rings. The highest BCUT2D eigenvalue weighted by Crippen LogP contribution is 2.14. The predicted octanol–water partition coefficient (Wildman–Crippen LogP) is 2.02. The lowest BCUT2D eigenvalue weighted by molar-refractivity contribution is -0.142. The van der Waals surface area contributed by atoms with E-state index in [2.05, 4.69) is 4.72 Å². The van der Waals surface area contributed by atoms with Gasteiger partial charge in [0.15, 0.2) is 0 Å². The van der Waals surface area contributed by atoms with E-state index in [1.165, 1.54) is 6.07 Å². The average molecular weight is 299 g/mol. The molecule has 1 unspecified atom stereocenters. The monoisotopic (exact) mass is 299 g/mol. The minimum Gasteiger partial charge on any atom is -0.481 e. The molecule has 20 heavy (non-hydrogen) atoms. The van der Waals surface area contributed by atoms with Crippen molar-refractivity contribution in [2.75, 3.05) is 6.54 Å². The van der Waals surface area contributed by atoms with Crippen molar-refractivity contribution in [2.24, 2.45) is 11.8 Å². The van der Waals surface area contributed by atoms with E-state index in [1.807, 2.05) is 13.8 Å². The van der Waals surface area contributed by atoms with Crippen molar-refractivity contribution in [3.63, 3.8) is 0 Å². The van der Waals surface area contributed by atoms with Crippen LogP contribution in [0.5, 0.6) is 0 Å². The van der Waals surface area contributed by atoms with Gasteiger partial charge in [0.1, 0.15) is 0 Å². The maximum Gasteiger partial charge on any atom is 0.307 e. The third-order valence-electron chi connectivity index (χ3n) is 2.92. The summed E-state index contributed by atoms with van der Waals surface area (Å²) in [5.74, 6) is -1.50. The van der Waals surface area contributed by atoms with Crippen molar-refractivity contribution in [2.45, 2.75) is 32.1 Å². The Hall–Kier alpha value is -1.40. The smallest absolute Gasteiger partial charge is 0.307 e. The largest absolute Gasteiger partial charge is 0.481 e. The van der Waals surface area contributed by atoms with Crippen LogP contribution in [0.1, 0.15) is 25.8 Å². The van der Waals surface area contributed by atoms with Crippen LogP contribution in [-0.2, 0) is 14.8 Å². The summed E-state index contributed by atoms with van der Waals surface area (Å²) in [4.78, 5) is 11.3. The fraction of sp³-hybridized carbons (Fsp3) is 0.500. The third-order valence-corrected chi connectivity index (χ3v) is 4.35. The van der Waals surface area contributed by atoms with E-state index in [0.717, 1.165) is 5.56 Å². The SMILES string of the molecule is Cc1cccc(S(=O)(=O)NCC(CC(C)C)C(=O)O)c1. The van der Waals surface area contributed by atoms with Crippen molar-refractivity contribution in [1.82, 2.24) is 4.72 Å². The summed E-state index contributed by atoms with van der Waals surface area (Å²) in [6.07, 6.45) is 0.436. The van der Waals surface area contributed by atoms with Gasteiger partial charge in [-0.2, -0.15) is 0 Å². The molecular weight excluding hydrogens is 278 g/mol. The molecule has 0 aliphatic rings. The molecule has 0 aliphatic heterocycles. The fourth-order valence-corrected chi connectivity index (χ4v) is 3.10. The minimum atomic E-state index is -3.66. The van der Waals surface area contributed by atoms with Gasteiger partial charge >= 0.3 is 5.97 Å². The molecule has 1 atom stereocenters. The molecule has 0 aliphatic carbocycles. The first kappa shape index (κ1) is 16.7. The molecule has 0 heterocycles. The molecule has 0 amide bonds. The summed E-state index contributed by atoms with van der Waals surface area (Å²) >= 11 is 0. The Bertz CT molecular complexity index is 566. The van der Waals surface area contributed by atoms with E-state index in [0.29, 0.717) is 6.42 Å². The molecule has 1 rings (SSSR count). The first-order valence-electron chi connectivity index (χ1n) is 6.51. The number of sulfonamides is 1. The average Bonchev–Trinajstić information content (AvgIpc) is 2.33. The van der Waals surface area contributed by atoms with Crippen molar-refractivity contribution < 1.29 is 18.3 Å². The Morgan fingerprint density at radius 3 is 2.50 bits per heavy atom. The molecule has 0 aromatic heterocycles. The number of carboxylic acid groups (broad SMARTS) is 1. The van der Waals surface area contributed by atoms with Crippen LogP contribution in [0.3, 0.4) is 0 Å². The van der Waals surface area contributed by atoms with Crippen LogP contribution >= 0.6 is 0 Å². The molecule has 0 saturated carbocycles. The number of rotatable bonds is 7. The number of carboxylic acids is 1. The lowest BCUT2D eigenvalue weighted by Crippen LogP contribution is -2.33. The van der Waals surface area contributed by atoms with Gasteiger partial charge in [-0.05, 0) is 37.0 Å². The molecule has 0 spiro atoms. The summed E-state index contributed by atoms with van der Waals surface area (Å²) in [6, 6.07) is 6.51. The Balaban J connectivity index is 2.78. The lowest BCUT2D eigenvalue weighted by Gasteiger charge is -2.15. The summed E-state index contributed by atoms with van der Waals surface area (Å²) in [6.45, 7) is 5.53. The van der Waals surface area contributed by atoms with Gasteiger partial charge in [-0.1, -0.05) is 26.0 Å². The number of aryl methyl sites for hydroxylation is 1. The molecule has 5 nitrogen and oxygen atoms in total. The van der Waals surface area contributed by atoms with Gasteiger partial charge in [0.25, 0.3) is 0 Å². The van der Waals surface area contributed by atoms with Crippen LogP contribution < -0.4 is 4.72 Å². The molecule has 112 valence electrons. The fourth-order valence-electron chi connectivity index (χ4n) is 1.92. The molecule has 0 fully saturated rings. The zero-order valence-corrected chi connectivity index (χ0v) is 12.8. The summed E-state index contributed by atoms with van der Waals surface area (Å²) in [5.41, 5.74) is 0.838. The Labute approximate surface area is 120 Å². The predicted molar refractivity (Wildman–Crippen MR) is 76.9 cm³/mol. The highest BCUT2D eigenvalue weighted by Gasteiger charge is 2.22. The van der Waals surface area contributed by atoms with Gasteiger partial charge in [0.2, 0.25) is 10.0 Å². The highest BCUT2D eigenvalue weighted by atomic mass is 32.2. The van der Waals surface area contributed by atoms with Crippen molar-refractivity contribution in [3.05, 3.63) is 29.8 Å². The molecule has 1 aromatic carbocycles. The van der Waals surface area contributed by atoms with Crippen LogP contribution in [0.2, 0.25) is 0 Å². The number of aliphatic carboxylic acids is 1. The quantitative estimate of drug-likeness (QED) is 0.807. The number of hydrogen-bond donors (Lipinski definition) is 2. The van der Waals surface area contributed by atoms with Gasteiger partial charge in [-0.25, -0.2) is 13.1 Å². The van der Waals surface area contributed by atoms with Crippen molar-refractivity contribution in [3.8, 4) is 0 Å². The van der Waals surface area contributed by atoms with Crippen LogP contribution in [0, 0.1) is 18.8 Å². The molecule has 2 N–H and O–H groups in total. The summed E-state index contributed by atoms with van der Waals surface area (Å²) in [5, 5.41) is 9.10. The maximum atomic E-state index is 12.1. The van der Waals surface area contributed by atoms with E-state index in [-0.39, 0.29) is 17.4 Å². The zero-order chi connectivity index (χ0) is 15.3. The van der Waals surface area contributed by atoms with E-state index < -0.39 is 21.9 Å². The summed E-state index contributed by atoms with van der Waals surface area (Å²) in [7, 11) is -3.66. The molecular formula is C14H21NO4S. The zero-order valence-electron chi connectivity index (χ0n) is 12.0. The van der Waals surface area contributed by atoms with Gasteiger partial charge in [-0.15, -0.1) is 0 Å². The van der Waals surface area contributed by atoms with Gasteiger partial charge in [-0.3, -0.25) is 4.79 Å². The lowest BCUT2D eigenvalue weighted by atomic mass is 9.98. The van der Waals surface area contributed by atoms with E-state index in [1.54, 1.807) is 25.1 Å². The number of carbonyl (C=O) groups is 1. The Morgan fingerprint density at radius 2 is 2.00 bits per heavy atom. The van der Waals surface area contributed by atoms with Crippen LogP contribution in [-0.4, -0.2) is 26.0 Å². The standard InChI is InChI=1S/C14H21NO4S/c1-10(2)7-12(14(16)17)9-15-20(18,19)13-6-4-5-11(3)8-13/h4-6,8,10,12,15H,7,9H2,1-3H3,(H,16,17). The molecule has 0 saturated heterocycles. The Morgan fingerprint density at radius 1 is 1.35 bits per heavy atom. The second-order valence-electron chi connectivity index (χ2n) is 5.33. The number of benzene rings is 1. The van der Waals surface area contributed by atoms with E-state index in [9.17, 15) is 13.2 Å². The maximum absolute atomic E-state index is 12.1. The van der Waals surface area contributed by atoms with Crippen molar-refractivity contribution >= 4 is 16.0 Å².